The van der Waals surface area contributed by atoms with E-state index in [2.05, 4.69) is 20.3 Å². The van der Waals surface area contributed by atoms with Crippen LogP contribution in [0.2, 0.25) is 0 Å². The molecular formula is C22H22F5N3O5. The second-order valence-electron chi connectivity index (χ2n) is 9.28. The van der Waals surface area contributed by atoms with Gasteiger partial charge in [-0.05, 0) is 50.7 Å². The van der Waals surface area contributed by atoms with Crippen LogP contribution < -0.4 is 10.1 Å². The lowest BCUT2D eigenvalue weighted by Gasteiger charge is -2.51. The van der Waals surface area contributed by atoms with Gasteiger partial charge in [-0.25, -0.2) is 8.78 Å². The number of halogens is 5. The molecule has 1 amide bonds. The molecule has 3 heterocycles. The van der Waals surface area contributed by atoms with Gasteiger partial charge in [0.25, 0.3) is 5.91 Å². The summed E-state index contributed by atoms with van der Waals surface area (Å²) in [4.78, 5) is 12.4. The number of rotatable bonds is 7. The van der Waals surface area contributed by atoms with E-state index in [1.807, 2.05) is 0 Å². The smallest absolute Gasteiger partial charge is 0.484 e. The predicted octanol–water partition coefficient (Wildman–Crippen LogP) is 3.86. The van der Waals surface area contributed by atoms with Gasteiger partial charge < -0.3 is 19.2 Å². The summed E-state index contributed by atoms with van der Waals surface area (Å²) in [5.74, 6) is -2.20. The normalized spacial score (nSPS) is 30.1. The van der Waals surface area contributed by atoms with E-state index in [-0.39, 0.29) is 49.5 Å². The highest BCUT2D eigenvalue weighted by molar-refractivity contribution is 5.78. The van der Waals surface area contributed by atoms with Crippen LogP contribution in [0.5, 0.6) is 5.75 Å². The molecule has 4 aliphatic rings. The summed E-state index contributed by atoms with van der Waals surface area (Å²) >= 11 is 0. The molecule has 1 aromatic carbocycles. The molecule has 2 saturated carbocycles. The summed E-state index contributed by atoms with van der Waals surface area (Å²) in [5.41, 5.74) is -1.40. The number of benzene rings is 1. The van der Waals surface area contributed by atoms with Gasteiger partial charge in [0.1, 0.15) is 11.4 Å². The maximum absolute atomic E-state index is 13.3. The molecule has 0 spiro atoms. The van der Waals surface area contributed by atoms with Crippen molar-refractivity contribution in [3.8, 4) is 5.75 Å². The first-order chi connectivity index (χ1) is 16.5. The molecule has 190 valence electrons. The van der Waals surface area contributed by atoms with Crippen LogP contribution in [-0.2, 0) is 19.9 Å². The molecule has 35 heavy (non-hydrogen) atoms. The van der Waals surface area contributed by atoms with E-state index in [0.717, 1.165) is 12.1 Å². The van der Waals surface area contributed by atoms with Gasteiger partial charge in [0.2, 0.25) is 11.8 Å². The third-order valence-corrected chi connectivity index (χ3v) is 6.88. The zero-order valence-electron chi connectivity index (χ0n) is 18.4. The maximum Gasteiger partial charge on any atom is 0.522 e. The van der Waals surface area contributed by atoms with Crippen molar-refractivity contribution >= 4 is 5.91 Å². The number of ether oxygens (including phenoxy) is 3. The number of nitrogens with zero attached hydrogens (tertiary/aromatic N) is 2. The van der Waals surface area contributed by atoms with E-state index in [1.165, 1.54) is 6.07 Å². The molecule has 2 bridgehead atoms. The number of alkyl halides is 3. The number of hydrogen-bond donors (Lipinski definition) is 1. The minimum absolute atomic E-state index is 0.0362. The lowest BCUT2D eigenvalue weighted by Crippen LogP contribution is -2.62. The first-order valence-corrected chi connectivity index (χ1v) is 11.2. The van der Waals surface area contributed by atoms with Crippen molar-refractivity contribution in [2.24, 2.45) is 0 Å². The number of hydrogen-bond acceptors (Lipinski definition) is 7. The van der Waals surface area contributed by atoms with Gasteiger partial charge in [0.05, 0.1) is 18.2 Å². The Kier molecular flexibility index (Phi) is 5.94. The highest BCUT2D eigenvalue weighted by Crippen LogP contribution is 2.50. The summed E-state index contributed by atoms with van der Waals surface area (Å²) < 4.78 is 84.3. The Bertz CT molecular complexity index is 1080. The van der Waals surface area contributed by atoms with E-state index >= 15 is 0 Å². The second-order valence-corrected chi connectivity index (χ2v) is 9.28. The Morgan fingerprint density at radius 1 is 1.11 bits per heavy atom. The fourth-order valence-electron chi connectivity index (χ4n) is 4.82. The van der Waals surface area contributed by atoms with E-state index in [1.54, 1.807) is 0 Å². The van der Waals surface area contributed by atoms with Crippen molar-refractivity contribution in [3.63, 3.8) is 0 Å². The number of fused-ring (bicyclic) bond motifs is 3. The SMILES string of the molecule is O=C(COc1ccc(F)c(F)c1)NC12CCC(c3nnc(C4CC(OC(F)(F)F)C4)o3)(CC1)OC2. The molecule has 1 N–H and O–H groups in total. The monoisotopic (exact) mass is 503 g/mol. The summed E-state index contributed by atoms with van der Waals surface area (Å²) in [6.07, 6.45) is -3.12. The Morgan fingerprint density at radius 3 is 2.49 bits per heavy atom. The van der Waals surface area contributed by atoms with Crippen LogP contribution >= 0.6 is 0 Å². The van der Waals surface area contributed by atoms with Gasteiger partial charge in [0, 0.05) is 12.0 Å². The van der Waals surface area contributed by atoms with Gasteiger partial charge in [0.15, 0.2) is 18.2 Å². The molecule has 0 radical (unpaired) electrons. The van der Waals surface area contributed by atoms with E-state index in [4.69, 9.17) is 13.9 Å². The Balaban J connectivity index is 1.13. The first kappa shape index (κ1) is 23.9. The molecule has 1 aromatic heterocycles. The van der Waals surface area contributed by atoms with Crippen LogP contribution in [0.4, 0.5) is 22.0 Å². The van der Waals surface area contributed by atoms with Crippen LogP contribution in [0.1, 0.15) is 56.2 Å². The van der Waals surface area contributed by atoms with Crippen molar-refractivity contribution in [2.75, 3.05) is 13.2 Å². The predicted molar refractivity (Wildman–Crippen MR) is 106 cm³/mol. The molecule has 4 fully saturated rings. The Morgan fingerprint density at radius 2 is 1.86 bits per heavy atom. The number of amides is 1. The summed E-state index contributed by atoms with van der Waals surface area (Å²) in [6, 6.07) is 3.01. The summed E-state index contributed by atoms with van der Waals surface area (Å²) in [7, 11) is 0. The minimum atomic E-state index is -4.67. The van der Waals surface area contributed by atoms with Gasteiger partial charge in [-0.2, -0.15) is 0 Å². The highest BCUT2D eigenvalue weighted by Gasteiger charge is 2.54. The number of carbonyl (C=O) groups excluding carboxylic acids is 1. The van der Waals surface area contributed by atoms with E-state index in [9.17, 15) is 26.7 Å². The van der Waals surface area contributed by atoms with E-state index < -0.39 is 41.1 Å². The molecule has 0 unspecified atom stereocenters. The van der Waals surface area contributed by atoms with Gasteiger partial charge in [-0.3, -0.25) is 9.53 Å². The lowest BCUT2D eigenvalue weighted by atomic mass is 9.71. The molecule has 8 nitrogen and oxygen atoms in total. The van der Waals surface area contributed by atoms with E-state index in [0.29, 0.717) is 25.7 Å². The summed E-state index contributed by atoms with van der Waals surface area (Å²) in [6.45, 7) is -0.169. The molecule has 2 saturated heterocycles. The van der Waals surface area contributed by atoms with Crippen molar-refractivity contribution in [1.82, 2.24) is 15.5 Å². The van der Waals surface area contributed by atoms with Gasteiger partial charge in [-0.15, -0.1) is 23.4 Å². The lowest BCUT2D eigenvalue weighted by molar-refractivity contribution is -0.352. The molecule has 2 aliphatic heterocycles. The number of carbonyl (C=O) groups is 1. The quantitative estimate of drug-likeness (QED) is 0.574. The fourth-order valence-corrected chi connectivity index (χ4v) is 4.82. The third kappa shape index (κ3) is 4.96. The third-order valence-electron chi connectivity index (χ3n) is 6.88. The minimum Gasteiger partial charge on any atom is -0.484 e. The zero-order chi connectivity index (χ0) is 24.8. The summed E-state index contributed by atoms with van der Waals surface area (Å²) in [5, 5.41) is 11.0. The fraction of sp³-hybridized carbons (Fsp3) is 0.591. The number of nitrogens with one attached hydrogen (secondary N) is 1. The van der Waals surface area contributed by atoms with Gasteiger partial charge >= 0.3 is 6.36 Å². The van der Waals surface area contributed by atoms with Crippen molar-refractivity contribution in [3.05, 3.63) is 41.6 Å². The largest absolute Gasteiger partial charge is 0.522 e. The van der Waals surface area contributed by atoms with Crippen LogP contribution in [0.15, 0.2) is 22.6 Å². The Hall–Kier alpha value is -2.80. The van der Waals surface area contributed by atoms with Crippen molar-refractivity contribution < 1.29 is 45.4 Å². The molecular weight excluding hydrogens is 481 g/mol. The standard InChI is InChI=1S/C22H22F5N3O5/c23-15-2-1-13(9-16(15)24)32-10-17(31)28-20-3-5-21(6-4-20,33-11-20)19-30-29-18(34-19)12-7-14(8-12)35-22(25,26)27/h1-2,9,12,14H,3-8,10-11H2,(H,28,31). The molecule has 2 aromatic rings. The van der Waals surface area contributed by atoms with Crippen LogP contribution in [-0.4, -0.2) is 47.3 Å². The van der Waals surface area contributed by atoms with Crippen LogP contribution in [0.25, 0.3) is 0 Å². The van der Waals surface area contributed by atoms with Crippen molar-refractivity contribution in [1.29, 1.82) is 0 Å². The average Bonchev–Trinajstić information content (AvgIpc) is 3.28. The molecule has 13 heteroatoms. The van der Waals surface area contributed by atoms with Gasteiger partial charge in [-0.1, -0.05) is 0 Å². The molecule has 2 aliphatic carbocycles. The topological polar surface area (TPSA) is 95.7 Å². The average molecular weight is 503 g/mol. The molecule has 6 rings (SSSR count). The first-order valence-electron chi connectivity index (χ1n) is 11.2. The number of aromatic nitrogens is 2. The maximum atomic E-state index is 13.3. The highest BCUT2D eigenvalue weighted by atomic mass is 19.4. The van der Waals surface area contributed by atoms with Crippen LogP contribution in [0, 0.1) is 11.6 Å². The van der Waals surface area contributed by atoms with Crippen molar-refractivity contribution in [2.45, 2.75) is 68.0 Å². The Labute approximate surface area is 196 Å². The van der Waals surface area contributed by atoms with Crippen LogP contribution in [0.3, 0.4) is 0 Å². The molecule has 0 atom stereocenters. The zero-order valence-corrected chi connectivity index (χ0v) is 18.4. The second kappa shape index (κ2) is 8.70.